The molecule has 0 saturated heterocycles. The number of unbranched alkanes of at least 4 members (excludes halogenated alkanes) is 4. The molecule has 0 amide bonds. The third-order valence-electron chi connectivity index (χ3n) is 2.04. The van der Waals surface area contributed by atoms with Gasteiger partial charge >= 0.3 is 0 Å². The van der Waals surface area contributed by atoms with Gasteiger partial charge in [0.1, 0.15) is 0 Å². The van der Waals surface area contributed by atoms with Gasteiger partial charge in [-0.05, 0) is 12.8 Å². The Balaban J connectivity index is 3.04. The predicted molar refractivity (Wildman–Crippen MR) is 52.4 cm³/mol. The molecule has 0 atom stereocenters. The Morgan fingerprint density at radius 3 is 1.58 bits per heavy atom. The maximum atomic E-state index is 9.34. The smallest absolute Gasteiger partial charge is 0.0238 e. The van der Waals surface area contributed by atoms with Crippen LogP contribution >= 0.6 is 0 Å². The molecule has 0 saturated carbocycles. The highest BCUT2D eigenvalue weighted by Crippen LogP contribution is 1.99. The first-order valence-corrected chi connectivity index (χ1v) is 5.25. The molecule has 0 aliphatic heterocycles. The second kappa shape index (κ2) is 9.01. The first kappa shape index (κ1) is 11.9. The van der Waals surface area contributed by atoms with Crippen LogP contribution in [0.3, 0.4) is 0 Å². The molecular weight excluding hydrogens is 150 g/mol. The summed E-state index contributed by atoms with van der Waals surface area (Å²) in [6, 6.07) is 0. The molecule has 2 nitrogen and oxygen atoms in total. The monoisotopic (exact) mass is 173 g/mol. The Morgan fingerprint density at radius 2 is 1.25 bits per heavy atom. The Morgan fingerprint density at radius 1 is 0.833 bits per heavy atom. The Labute approximate surface area is 76.5 Å². The second-order valence-electron chi connectivity index (χ2n) is 3.37. The molecule has 12 heavy (non-hydrogen) atoms. The lowest BCUT2D eigenvalue weighted by atomic mass is 10.2. The topological polar surface area (TPSA) is 23.5 Å². The van der Waals surface area contributed by atoms with Gasteiger partial charge in [0.15, 0.2) is 0 Å². The molecule has 0 heterocycles. The SMILES string of the molecule is CCCCCN(O)CCCCC. The van der Waals surface area contributed by atoms with E-state index in [9.17, 15) is 5.21 Å². The van der Waals surface area contributed by atoms with Gasteiger partial charge in [-0.3, -0.25) is 0 Å². The molecule has 0 unspecified atom stereocenters. The zero-order chi connectivity index (χ0) is 9.23. The van der Waals surface area contributed by atoms with Crippen LogP contribution in [-0.4, -0.2) is 23.4 Å². The van der Waals surface area contributed by atoms with Gasteiger partial charge in [0.25, 0.3) is 0 Å². The van der Waals surface area contributed by atoms with Crippen molar-refractivity contribution in [3.63, 3.8) is 0 Å². The zero-order valence-electron chi connectivity index (χ0n) is 8.55. The van der Waals surface area contributed by atoms with Crippen molar-refractivity contribution in [1.29, 1.82) is 0 Å². The van der Waals surface area contributed by atoms with Crippen LogP contribution in [0.15, 0.2) is 0 Å². The van der Waals surface area contributed by atoms with Crippen molar-refractivity contribution in [3.05, 3.63) is 0 Å². The quantitative estimate of drug-likeness (QED) is 0.450. The van der Waals surface area contributed by atoms with E-state index in [0.29, 0.717) is 0 Å². The summed E-state index contributed by atoms with van der Waals surface area (Å²) in [7, 11) is 0. The summed E-state index contributed by atoms with van der Waals surface area (Å²) in [6.45, 7) is 6.05. The van der Waals surface area contributed by atoms with Crippen molar-refractivity contribution in [3.8, 4) is 0 Å². The Kier molecular flexibility index (Phi) is 8.95. The summed E-state index contributed by atoms with van der Waals surface area (Å²) in [5.74, 6) is 0. The number of nitrogens with zero attached hydrogens (tertiary/aromatic N) is 1. The van der Waals surface area contributed by atoms with Gasteiger partial charge in [0.05, 0.1) is 0 Å². The Hall–Kier alpha value is -0.0800. The van der Waals surface area contributed by atoms with E-state index in [1.165, 1.54) is 30.7 Å². The molecule has 0 radical (unpaired) electrons. The number of hydrogen-bond donors (Lipinski definition) is 1. The standard InChI is InChI=1S/C10H23NO/c1-3-5-7-9-11(12)10-8-6-4-2/h12H,3-10H2,1-2H3. The lowest BCUT2D eigenvalue weighted by Crippen LogP contribution is -2.21. The summed E-state index contributed by atoms with van der Waals surface area (Å²) >= 11 is 0. The lowest BCUT2D eigenvalue weighted by molar-refractivity contribution is -0.0923. The molecule has 0 aliphatic carbocycles. The van der Waals surface area contributed by atoms with E-state index in [0.717, 1.165) is 25.9 Å². The van der Waals surface area contributed by atoms with Gasteiger partial charge in [-0.15, -0.1) is 0 Å². The molecule has 0 aromatic heterocycles. The van der Waals surface area contributed by atoms with Gasteiger partial charge in [-0.1, -0.05) is 39.5 Å². The first-order chi connectivity index (χ1) is 5.81. The third kappa shape index (κ3) is 8.02. The third-order valence-corrected chi connectivity index (χ3v) is 2.04. The molecule has 0 aliphatic rings. The van der Waals surface area contributed by atoms with E-state index in [4.69, 9.17) is 0 Å². The van der Waals surface area contributed by atoms with Crippen LogP contribution in [0.2, 0.25) is 0 Å². The maximum Gasteiger partial charge on any atom is 0.0238 e. The van der Waals surface area contributed by atoms with Crippen molar-refractivity contribution in [2.75, 3.05) is 13.1 Å². The molecule has 0 aromatic carbocycles. The fraction of sp³-hybridized carbons (Fsp3) is 1.00. The molecule has 0 fully saturated rings. The van der Waals surface area contributed by atoms with Crippen LogP contribution in [0.25, 0.3) is 0 Å². The summed E-state index contributed by atoms with van der Waals surface area (Å²) in [4.78, 5) is 0. The number of hydroxylamine groups is 2. The van der Waals surface area contributed by atoms with E-state index < -0.39 is 0 Å². The molecule has 0 spiro atoms. The summed E-state index contributed by atoms with van der Waals surface area (Å²) in [5, 5.41) is 10.8. The van der Waals surface area contributed by atoms with Crippen molar-refractivity contribution in [2.45, 2.75) is 52.4 Å². The van der Waals surface area contributed by atoms with Crippen molar-refractivity contribution in [1.82, 2.24) is 5.06 Å². The van der Waals surface area contributed by atoms with Crippen LogP contribution in [0, 0.1) is 0 Å². The van der Waals surface area contributed by atoms with Crippen molar-refractivity contribution >= 4 is 0 Å². The highest BCUT2D eigenvalue weighted by atomic mass is 16.5. The molecule has 74 valence electrons. The lowest BCUT2D eigenvalue weighted by Gasteiger charge is -2.13. The van der Waals surface area contributed by atoms with Crippen molar-refractivity contribution in [2.24, 2.45) is 0 Å². The largest absolute Gasteiger partial charge is 0.314 e. The van der Waals surface area contributed by atoms with Gasteiger partial charge in [-0.2, -0.15) is 5.06 Å². The second-order valence-corrected chi connectivity index (χ2v) is 3.37. The zero-order valence-corrected chi connectivity index (χ0v) is 8.55. The Bertz CT molecular complexity index is 75.9. The molecule has 0 rings (SSSR count). The molecule has 0 bridgehead atoms. The first-order valence-electron chi connectivity index (χ1n) is 5.25. The number of rotatable bonds is 8. The fourth-order valence-electron chi connectivity index (χ4n) is 1.20. The average molecular weight is 173 g/mol. The molecule has 2 heteroatoms. The highest BCUT2D eigenvalue weighted by Gasteiger charge is 1.98. The molecule has 1 N–H and O–H groups in total. The summed E-state index contributed by atoms with van der Waals surface area (Å²) in [5.41, 5.74) is 0. The van der Waals surface area contributed by atoms with E-state index in [1.54, 1.807) is 0 Å². The number of hydrogen-bond acceptors (Lipinski definition) is 2. The normalized spacial score (nSPS) is 11.0. The van der Waals surface area contributed by atoms with E-state index in [-0.39, 0.29) is 0 Å². The predicted octanol–water partition coefficient (Wildman–Crippen LogP) is 3.06. The van der Waals surface area contributed by atoms with Gasteiger partial charge < -0.3 is 5.21 Å². The van der Waals surface area contributed by atoms with Crippen LogP contribution in [0.5, 0.6) is 0 Å². The minimum absolute atomic E-state index is 0.845. The van der Waals surface area contributed by atoms with E-state index in [2.05, 4.69) is 13.8 Å². The van der Waals surface area contributed by atoms with Gasteiger partial charge in [-0.25, -0.2) is 0 Å². The van der Waals surface area contributed by atoms with E-state index >= 15 is 0 Å². The molecular formula is C10H23NO. The van der Waals surface area contributed by atoms with Crippen LogP contribution in [0.1, 0.15) is 52.4 Å². The minimum Gasteiger partial charge on any atom is -0.314 e. The highest BCUT2D eigenvalue weighted by molar-refractivity contribution is 4.47. The van der Waals surface area contributed by atoms with Crippen LogP contribution in [0.4, 0.5) is 0 Å². The summed E-state index contributed by atoms with van der Waals surface area (Å²) in [6.07, 6.45) is 7.15. The van der Waals surface area contributed by atoms with Gasteiger partial charge in [0, 0.05) is 13.1 Å². The van der Waals surface area contributed by atoms with Gasteiger partial charge in [0.2, 0.25) is 0 Å². The maximum absolute atomic E-state index is 9.34. The summed E-state index contributed by atoms with van der Waals surface area (Å²) < 4.78 is 0. The average Bonchev–Trinajstić information content (AvgIpc) is 2.06. The fourth-order valence-corrected chi connectivity index (χ4v) is 1.20. The van der Waals surface area contributed by atoms with E-state index in [1.807, 2.05) is 0 Å². The van der Waals surface area contributed by atoms with Crippen LogP contribution < -0.4 is 0 Å². The van der Waals surface area contributed by atoms with Crippen molar-refractivity contribution < 1.29 is 5.21 Å². The minimum atomic E-state index is 0.845. The van der Waals surface area contributed by atoms with Crippen LogP contribution in [-0.2, 0) is 0 Å². The molecule has 0 aromatic rings.